The number of nitrogens with one attached hydrogen (secondary N) is 1. The van der Waals surface area contributed by atoms with Crippen LogP contribution in [0.2, 0.25) is 0 Å². The van der Waals surface area contributed by atoms with Gasteiger partial charge in [-0.15, -0.1) is 0 Å². The van der Waals surface area contributed by atoms with E-state index >= 15 is 0 Å². The summed E-state index contributed by atoms with van der Waals surface area (Å²) in [5.41, 5.74) is 0.720. The van der Waals surface area contributed by atoms with Crippen molar-refractivity contribution in [1.82, 2.24) is 0 Å². The maximum atomic E-state index is 10.9. The Labute approximate surface area is 123 Å². The minimum atomic E-state index is -0.350. The fourth-order valence-corrected chi connectivity index (χ4v) is 4.66. The molecule has 1 atom stereocenters. The summed E-state index contributed by atoms with van der Waals surface area (Å²) in [4.78, 5) is 10.6. The molecule has 2 rings (SSSR count). The van der Waals surface area contributed by atoms with Crippen molar-refractivity contribution in [2.75, 3.05) is 29.1 Å². The van der Waals surface area contributed by atoms with Gasteiger partial charge in [-0.1, -0.05) is 15.9 Å². The molecule has 18 heavy (non-hydrogen) atoms. The van der Waals surface area contributed by atoms with Crippen LogP contribution in [-0.4, -0.2) is 34.0 Å². The molecule has 1 aliphatic rings. The van der Waals surface area contributed by atoms with Crippen molar-refractivity contribution in [2.24, 2.45) is 0 Å². The van der Waals surface area contributed by atoms with Gasteiger partial charge in [0.1, 0.15) is 5.69 Å². The van der Waals surface area contributed by atoms with Gasteiger partial charge in [-0.3, -0.25) is 10.1 Å². The van der Waals surface area contributed by atoms with E-state index in [1.807, 2.05) is 23.5 Å². The maximum absolute atomic E-state index is 10.9. The summed E-state index contributed by atoms with van der Waals surface area (Å²) in [6.45, 7) is 0.773. The van der Waals surface area contributed by atoms with E-state index in [0.29, 0.717) is 10.9 Å². The standard InChI is InChI=1S/C11H13BrN2O2S2/c12-8-1-2-11(14(15)16)10(5-8)13-6-9-7-17-3-4-18-9/h1-2,5,9,13H,3-4,6-7H2. The highest BCUT2D eigenvalue weighted by molar-refractivity contribution is 9.10. The molecule has 7 heteroatoms. The maximum Gasteiger partial charge on any atom is 0.292 e. The van der Waals surface area contributed by atoms with E-state index in [-0.39, 0.29) is 10.6 Å². The predicted molar refractivity (Wildman–Crippen MR) is 82.9 cm³/mol. The Bertz CT molecular complexity index is 439. The first kappa shape index (κ1) is 14.0. The third-order valence-electron chi connectivity index (χ3n) is 2.56. The smallest absolute Gasteiger partial charge is 0.292 e. The van der Waals surface area contributed by atoms with Crippen LogP contribution in [0.15, 0.2) is 22.7 Å². The molecule has 1 aromatic rings. The highest BCUT2D eigenvalue weighted by Gasteiger charge is 2.17. The number of hydrogen-bond acceptors (Lipinski definition) is 5. The van der Waals surface area contributed by atoms with Crippen LogP contribution in [0, 0.1) is 10.1 Å². The molecule has 1 unspecified atom stereocenters. The van der Waals surface area contributed by atoms with Gasteiger partial charge in [0.25, 0.3) is 5.69 Å². The molecule has 0 aliphatic carbocycles. The molecule has 1 fully saturated rings. The van der Waals surface area contributed by atoms with E-state index in [9.17, 15) is 10.1 Å². The van der Waals surface area contributed by atoms with E-state index < -0.39 is 0 Å². The summed E-state index contributed by atoms with van der Waals surface area (Å²) < 4.78 is 0.848. The summed E-state index contributed by atoms with van der Waals surface area (Å²) in [5.74, 6) is 3.48. The van der Waals surface area contributed by atoms with Crippen molar-refractivity contribution in [2.45, 2.75) is 5.25 Å². The fourth-order valence-electron chi connectivity index (χ4n) is 1.69. The molecule has 98 valence electrons. The third kappa shape index (κ3) is 3.80. The van der Waals surface area contributed by atoms with Crippen LogP contribution >= 0.6 is 39.5 Å². The molecule has 1 N–H and O–H groups in total. The Balaban J connectivity index is 2.03. The highest BCUT2D eigenvalue weighted by Crippen LogP contribution is 2.29. The Morgan fingerprint density at radius 3 is 3.00 bits per heavy atom. The van der Waals surface area contributed by atoms with Gasteiger partial charge in [0.15, 0.2) is 0 Å². The first-order valence-electron chi connectivity index (χ1n) is 5.54. The van der Waals surface area contributed by atoms with Gasteiger partial charge in [0.05, 0.1) is 4.92 Å². The van der Waals surface area contributed by atoms with Crippen LogP contribution in [0.3, 0.4) is 0 Å². The molecule has 0 saturated carbocycles. The van der Waals surface area contributed by atoms with Crippen LogP contribution in [-0.2, 0) is 0 Å². The molecule has 1 saturated heterocycles. The number of nitro benzene ring substituents is 1. The fraction of sp³-hybridized carbons (Fsp3) is 0.455. The number of nitro groups is 1. The van der Waals surface area contributed by atoms with Gasteiger partial charge < -0.3 is 5.32 Å². The molecule has 0 aromatic heterocycles. The Morgan fingerprint density at radius 2 is 2.33 bits per heavy atom. The second kappa shape index (κ2) is 6.68. The summed E-state index contributed by atoms with van der Waals surface area (Å²) >= 11 is 7.22. The van der Waals surface area contributed by atoms with Gasteiger partial charge in [-0.2, -0.15) is 23.5 Å². The van der Waals surface area contributed by atoms with Gasteiger partial charge in [0.2, 0.25) is 0 Å². The second-order valence-corrected chi connectivity index (χ2v) is 7.34. The monoisotopic (exact) mass is 348 g/mol. The molecule has 0 spiro atoms. The lowest BCUT2D eigenvalue weighted by Gasteiger charge is -2.21. The van der Waals surface area contributed by atoms with Gasteiger partial charge in [-0.05, 0) is 12.1 Å². The minimum absolute atomic E-state index is 0.131. The zero-order chi connectivity index (χ0) is 13.0. The highest BCUT2D eigenvalue weighted by atomic mass is 79.9. The summed E-state index contributed by atoms with van der Waals surface area (Å²) in [5, 5.41) is 14.7. The van der Waals surface area contributed by atoms with Crippen LogP contribution in [0.4, 0.5) is 11.4 Å². The quantitative estimate of drug-likeness (QED) is 0.665. The lowest BCUT2D eigenvalue weighted by atomic mass is 10.2. The van der Waals surface area contributed by atoms with Crippen molar-refractivity contribution in [3.05, 3.63) is 32.8 Å². The van der Waals surface area contributed by atoms with Crippen molar-refractivity contribution < 1.29 is 4.92 Å². The van der Waals surface area contributed by atoms with Gasteiger partial charge in [0, 0.05) is 39.6 Å². The number of nitrogens with zero attached hydrogens (tertiary/aromatic N) is 1. The van der Waals surface area contributed by atoms with E-state index in [2.05, 4.69) is 21.2 Å². The van der Waals surface area contributed by atoms with E-state index in [0.717, 1.165) is 22.5 Å². The number of rotatable bonds is 4. The Hall–Kier alpha value is -0.400. The first-order valence-corrected chi connectivity index (χ1v) is 8.53. The van der Waals surface area contributed by atoms with Crippen LogP contribution in [0.25, 0.3) is 0 Å². The molecular weight excluding hydrogens is 336 g/mol. The zero-order valence-electron chi connectivity index (χ0n) is 9.60. The van der Waals surface area contributed by atoms with E-state index in [1.54, 1.807) is 12.1 Å². The number of hydrogen-bond donors (Lipinski definition) is 1. The molecule has 0 amide bonds. The molecular formula is C11H13BrN2O2S2. The van der Waals surface area contributed by atoms with Crippen molar-refractivity contribution in [3.8, 4) is 0 Å². The first-order chi connectivity index (χ1) is 8.66. The number of halogens is 1. The van der Waals surface area contributed by atoms with E-state index in [4.69, 9.17) is 0 Å². The average molecular weight is 349 g/mol. The third-order valence-corrected chi connectivity index (χ3v) is 5.90. The van der Waals surface area contributed by atoms with Crippen molar-refractivity contribution in [1.29, 1.82) is 0 Å². The number of anilines is 1. The van der Waals surface area contributed by atoms with Crippen LogP contribution in [0.1, 0.15) is 0 Å². The molecule has 0 radical (unpaired) electrons. The normalized spacial score (nSPS) is 19.5. The molecule has 4 nitrogen and oxygen atoms in total. The Kier molecular flexibility index (Phi) is 5.20. The lowest BCUT2D eigenvalue weighted by Crippen LogP contribution is -2.23. The van der Waals surface area contributed by atoms with E-state index in [1.165, 1.54) is 11.8 Å². The van der Waals surface area contributed by atoms with Crippen LogP contribution in [0.5, 0.6) is 0 Å². The second-order valence-electron chi connectivity index (χ2n) is 3.87. The number of thioether (sulfide) groups is 2. The summed E-state index contributed by atoms with van der Waals surface area (Å²) in [7, 11) is 0. The van der Waals surface area contributed by atoms with Crippen LogP contribution < -0.4 is 5.32 Å². The molecule has 1 heterocycles. The average Bonchev–Trinajstić information content (AvgIpc) is 2.37. The zero-order valence-corrected chi connectivity index (χ0v) is 12.8. The molecule has 1 aliphatic heterocycles. The SMILES string of the molecule is O=[N+]([O-])c1ccc(Br)cc1NCC1CSCCS1. The minimum Gasteiger partial charge on any atom is -0.378 e. The lowest BCUT2D eigenvalue weighted by molar-refractivity contribution is -0.384. The molecule has 1 aromatic carbocycles. The number of benzene rings is 1. The summed E-state index contributed by atoms with van der Waals surface area (Å²) in [6.07, 6.45) is 0. The topological polar surface area (TPSA) is 55.2 Å². The van der Waals surface area contributed by atoms with Gasteiger partial charge in [-0.25, -0.2) is 0 Å². The van der Waals surface area contributed by atoms with Crippen molar-refractivity contribution >= 4 is 50.8 Å². The molecule has 0 bridgehead atoms. The largest absolute Gasteiger partial charge is 0.378 e. The van der Waals surface area contributed by atoms with Gasteiger partial charge >= 0.3 is 0 Å². The van der Waals surface area contributed by atoms with Crippen molar-refractivity contribution in [3.63, 3.8) is 0 Å². The summed E-state index contributed by atoms with van der Waals surface area (Å²) in [6, 6.07) is 4.97. The Morgan fingerprint density at radius 1 is 1.50 bits per heavy atom. The predicted octanol–water partition coefficient (Wildman–Crippen LogP) is 3.62.